The van der Waals surface area contributed by atoms with Crippen LogP contribution in [0.2, 0.25) is 0 Å². The van der Waals surface area contributed by atoms with Crippen LogP contribution in [-0.2, 0) is 11.2 Å². The van der Waals surface area contributed by atoms with Gasteiger partial charge in [-0.1, -0.05) is 36.4 Å². The van der Waals surface area contributed by atoms with E-state index in [-0.39, 0.29) is 11.0 Å². The van der Waals surface area contributed by atoms with Gasteiger partial charge in [0.15, 0.2) is 16.6 Å². The Balaban J connectivity index is 1.45. The standard InChI is InChI=1S/C26H26N2O4S/c1-30-23-14-8-20(18-24(23)31-2)9-15-25(29)28-26(33)27-21-10-12-22(13-11-21)32-17-16-19-6-4-3-5-7-19/h3-15,18H,16-17H2,1-2H3,(H2,27,28,29,33)/b15-9+. The zero-order valence-corrected chi connectivity index (χ0v) is 19.4. The van der Waals surface area contributed by atoms with Crippen LogP contribution in [0.5, 0.6) is 17.2 Å². The Kier molecular flexibility index (Phi) is 8.85. The molecule has 2 N–H and O–H groups in total. The third-order valence-corrected chi connectivity index (χ3v) is 4.89. The van der Waals surface area contributed by atoms with Crippen molar-refractivity contribution in [2.45, 2.75) is 6.42 Å². The maximum absolute atomic E-state index is 12.2. The van der Waals surface area contributed by atoms with E-state index >= 15 is 0 Å². The van der Waals surface area contributed by atoms with E-state index in [1.807, 2.05) is 48.5 Å². The molecule has 3 aromatic carbocycles. The summed E-state index contributed by atoms with van der Waals surface area (Å²) in [4.78, 5) is 12.2. The number of ether oxygens (including phenoxy) is 3. The molecule has 0 radical (unpaired) electrons. The van der Waals surface area contributed by atoms with Gasteiger partial charge in [0.25, 0.3) is 0 Å². The van der Waals surface area contributed by atoms with Crippen LogP contribution < -0.4 is 24.8 Å². The molecule has 1 amide bonds. The predicted octanol–water partition coefficient (Wildman–Crippen LogP) is 4.85. The molecule has 7 heteroatoms. The monoisotopic (exact) mass is 462 g/mol. The molecular formula is C26H26N2O4S. The van der Waals surface area contributed by atoms with Gasteiger partial charge in [-0.25, -0.2) is 0 Å². The molecule has 33 heavy (non-hydrogen) atoms. The van der Waals surface area contributed by atoms with E-state index in [9.17, 15) is 4.79 Å². The molecule has 0 fully saturated rings. The second-order valence-corrected chi connectivity index (χ2v) is 7.41. The summed E-state index contributed by atoms with van der Waals surface area (Å²) in [7, 11) is 3.13. The van der Waals surface area contributed by atoms with Crippen LogP contribution in [0.25, 0.3) is 6.08 Å². The number of methoxy groups -OCH3 is 2. The fraction of sp³-hybridized carbons (Fsp3) is 0.154. The van der Waals surface area contributed by atoms with Gasteiger partial charge in [-0.2, -0.15) is 0 Å². The summed E-state index contributed by atoms with van der Waals surface area (Å²) in [5.74, 6) is 1.63. The molecule has 0 atom stereocenters. The van der Waals surface area contributed by atoms with E-state index in [1.54, 1.807) is 32.4 Å². The first kappa shape index (κ1) is 23.8. The van der Waals surface area contributed by atoms with Crippen molar-refractivity contribution in [2.24, 2.45) is 0 Å². The highest BCUT2D eigenvalue weighted by Crippen LogP contribution is 2.27. The quantitative estimate of drug-likeness (QED) is 0.350. The molecule has 0 unspecified atom stereocenters. The zero-order valence-electron chi connectivity index (χ0n) is 18.5. The maximum atomic E-state index is 12.2. The first-order valence-electron chi connectivity index (χ1n) is 10.4. The minimum atomic E-state index is -0.344. The van der Waals surface area contributed by atoms with Crippen LogP contribution in [-0.4, -0.2) is 31.8 Å². The molecular weight excluding hydrogens is 436 g/mol. The number of carbonyl (C=O) groups is 1. The van der Waals surface area contributed by atoms with Crippen molar-refractivity contribution in [1.82, 2.24) is 5.32 Å². The molecule has 170 valence electrons. The van der Waals surface area contributed by atoms with E-state index in [1.165, 1.54) is 11.6 Å². The van der Waals surface area contributed by atoms with E-state index in [0.29, 0.717) is 18.1 Å². The number of hydrogen-bond acceptors (Lipinski definition) is 5. The minimum absolute atomic E-state index is 0.203. The summed E-state index contributed by atoms with van der Waals surface area (Å²) in [5, 5.41) is 5.81. The Morgan fingerprint density at radius 2 is 1.67 bits per heavy atom. The van der Waals surface area contributed by atoms with Crippen molar-refractivity contribution in [3.8, 4) is 17.2 Å². The molecule has 0 spiro atoms. The molecule has 0 aliphatic carbocycles. The van der Waals surface area contributed by atoms with Crippen LogP contribution in [0.1, 0.15) is 11.1 Å². The van der Waals surface area contributed by atoms with Crippen LogP contribution in [0.15, 0.2) is 78.9 Å². The number of anilines is 1. The van der Waals surface area contributed by atoms with Crippen LogP contribution in [0.4, 0.5) is 5.69 Å². The fourth-order valence-corrected chi connectivity index (χ4v) is 3.23. The number of nitrogens with one attached hydrogen (secondary N) is 2. The molecule has 6 nitrogen and oxygen atoms in total. The van der Waals surface area contributed by atoms with Crippen LogP contribution in [0.3, 0.4) is 0 Å². The van der Waals surface area contributed by atoms with Crippen molar-refractivity contribution in [2.75, 3.05) is 26.1 Å². The highest BCUT2D eigenvalue weighted by Gasteiger charge is 2.05. The Morgan fingerprint density at radius 3 is 2.36 bits per heavy atom. The van der Waals surface area contributed by atoms with Gasteiger partial charge < -0.3 is 19.5 Å². The lowest BCUT2D eigenvalue weighted by Gasteiger charge is -2.10. The molecule has 3 aromatic rings. The summed E-state index contributed by atoms with van der Waals surface area (Å²) in [6, 6.07) is 23.0. The van der Waals surface area contributed by atoms with Crippen molar-refractivity contribution >= 4 is 35.0 Å². The Bertz CT molecular complexity index is 1100. The third-order valence-electron chi connectivity index (χ3n) is 4.69. The predicted molar refractivity (Wildman–Crippen MR) is 135 cm³/mol. The summed E-state index contributed by atoms with van der Waals surface area (Å²) in [6.45, 7) is 0.595. The lowest BCUT2D eigenvalue weighted by Crippen LogP contribution is -2.32. The van der Waals surface area contributed by atoms with Crippen molar-refractivity contribution in [3.05, 3.63) is 90.0 Å². The molecule has 0 aliphatic rings. The number of benzene rings is 3. The van der Waals surface area contributed by atoms with E-state index in [2.05, 4.69) is 22.8 Å². The van der Waals surface area contributed by atoms with Crippen molar-refractivity contribution < 1.29 is 19.0 Å². The smallest absolute Gasteiger partial charge is 0.250 e. The number of hydrogen-bond donors (Lipinski definition) is 2. The number of amides is 1. The summed E-state index contributed by atoms with van der Waals surface area (Å²) < 4.78 is 16.3. The summed E-state index contributed by atoms with van der Waals surface area (Å²) in [6.07, 6.45) is 3.91. The van der Waals surface area contributed by atoms with E-state index < -0.39 is 0 Å². The average Bonchev–Trinajstić information content (AvgIpc) is 2.84. The van der Waals surface area contributed by atoms with Crippen molar-refractivity contribution in [1.29, 1.82) is 0 Å². The first-order valence-corrected chi connectivity index (χ1v) is 10.8. The number of carbonyl (C=O) groups excluding carboxylic acids is 1. The van der Waals surface area contributed by atoms with Gasteiger partial charge in [0.05, 0.1) is 20.8 Å². The molecule has 0 aliphatic heterocycles. The topological polar surface area (TPSA) is 68.8 Å². The lowest BCUT2D eigenvalue weighted by molar-refractivity contribution is -0.115. The molecule has 3 rings (SSSR count). The molecule has 0 saturated heterocycles. The lowest BCUT2D eigenvalue weighted by atomic mass is 10.2. The number of rotatable bonds is 9. The first-order chi connectivity index (χ1) is 16.1. The Morgan fingerprint density at radius 1 is 0.939 bits per heavy atom. The van der Waals surface area contributed by atoms with Gasteiger partial charge in [-0.15, -0.1) is 0 Å². The van der Waals surface area contributed by atoms with E-state index in [4.69, 9.17) is 26.4 Å². The van der Waals surface area contributed by atoms with Crippen LogP contribution in [0, 0.1) is 0 Å². The van der Waals surface area contributed by atoms with Crippen LogP contribution >= 0.6 is 12.2 Å². The van der Waals surface area contributed by atoms with E-state index in [0.717, 1.165) is 23.4 Å². The van der Waals surface area contributed by atoms with Gasteiger partial charge in [0.2, 0.25) is 5.91 Å². The average molecular weight is 463 g/mol. The minimum Gasteiger partial charge on any atom is -0.493 e. The molecule has 0 heterocycles. The highest BCUT2D eigenvalue weighted by atomic mass is 32.1. The molecule has 0 saturated carbocycles. The molecule has 0 bridgehead atoms. The second kappa shape index (κ2) is 12.3. The zero-order chi connectivity index (χ0) is 23.5. The van der Waals surface area contributed by atoms with Crippen molar-refractivity contribution in [3.63, 3.8) is 0 Å². The second-order valence-electron chi connectivity index (χ2n) is 7.00. The van der Waals surface area contributed by atoms with Gasteiger partial charge in [0, 0.05) is 18.2 Å². The van der Waals surface area contributed by atoms with Gasteiger partial charge >= 0.3 is 0 Å². The maximum Gasteiger partial charge on any atom is 0.250 e. The summed E-state index contributed by atoms with van der Waals surface area (Å²) >= 11 is 5.23. The summed E-state index contributed by atoms with van der Waals surface area (Å²) in [5.41, 5.74) is 2.78. The van der Waals surface area contributed by atoms with Gasteiger partial charge in [0.1, 0.15) is 5.75 Å². The Labute approximate surface area is 199 Å². The number of thiocarbonyl (C=S) groups is 1. The van der Waals surface area contributed by atoms with Gasteiger partial charge in [-0.05, 0) is 65.8 Å². The third kappa shape index (κ3) is 7.66. The molecule has 0 aromatic heterocycles. The largest absolute Gasteiger partial charge is 0.493 e. The SMILES string of the molecule is COc1ccc(/C=C/C(=O)NC(=S)Nc2ccc(OCCc3ccccc3)cc2)cc1OC. The normalized spacial score (nSPS) is 10.5. The fourth-order valence-electron chi connectivity index (χ4n) is 3.01. The highest BCUT2D eigenvalue weighted by molar-refractivity contribution is 7.80. The van der Waals surface area contributed by atoms with Gasteiger partial charge in [-0.3, -0.25) is 10.1 Å². The Hall–Kier alpha value is -3.84.